The van der Waals surface area contributed by atoms with E-state index in [9.17, 15) is 0 Å². The van der Waals surface area contributed by atoms with Crippen LogP contribution in [-0.2, 0) is 6.42 Å². The van der Waals surface area contributed by atoms with Gasteiger partial charge in [-0.1, -0.05) is 43.7 Å². The standard InChI is InChI=1S/C25H34N/c1-6-26(7-2,8-3)23-14-12-21(13-15-23)24-11-9-10-22-17-20(16-19(4)5)18-25(22)24/h9-15,18-19H,6-8,16-17H2,1-5H3/q+1. The molecule has 3 rings (SSSR count). The predicted molar refractivity (Wildman–Crippen MR) is 116 cm³/mol. The van der Waals surface area contributed by atoms with E-state index in [4.69, 9.17) is 0 Å². The molecule has 1 aliphatic carbocycles. The van der Waals surface area contributed by atoms with Gasteiger partial charge in [-0.3, -0.25) is 4.48 Å². The van der Waals surface area contributed by atoms with Crippen molar-refractivity contribution in [3.63, 3.8) is 0 Å². The molecule has 0 fully saturated rings. The van der Waals surface area contributed by atoms with Gasteiger partial charge in [0.05, 0.1) is 19.6 Å². The zero-order valence-corrected chi connectivity index (χ0v) is 17.2. The molecule has 0 aliphatic heterocycles. The molecule has 0 amide bonds. The molecule has 0 aromatic heterocycles. The van der Waals surface area contributed by atoms with Crippen molar-refractivity contribution in [3.8, 4) is 11.1 Å². The molecule has 0 saturated carbocycles. The Morgan fingerprint density at radius 2 is 1.54 bits per heavy atom. The Morgan fingerprint density at radius 3 is 2.12 bits per heavy atom. The number of fused-ring (bicyclic) bond motifs is 1. The molecule has 138 valence electrons. The van der Waals surface area contributed by atoms with E-state index in [-0.39, 0.29) is 0 Å². The van der Waals surface area contributed by atoms with Crippen molar-refractivity contribution in [2.45, 2.75) is 47.5 Å². The summed E-state index contributed by atoms with van der Waals surface area (Å²) in [6.45, 7) is 15.0. The predicted octanol–water partition coefficient (Wildman–Crippen LogP) is 6.71. The van der Waals surface area contributed by atoms with Gasteiger partial charge in [-0.25, -0.2) is 0 Å². The summed E-state index contributed by atoms with van der Waals surface area (Å²) in [5.41, 5.74) is 8.67. The van der Waals surface area contributed by atoms with Gasteiger partial charge in [0.1, 0.15) is 5.69 Å². The third-order valence-corrected chi connectivity index (χ3v) is 6.17. The number of hydrogen-bond donors (Lipinski definition) is 0. The van der Waals surface area contributed by atoms with Crippen molar-refractivity contribution in [1.82, 2.24) is 4.48 Å². The highest BCUT2D eigenvalue weighted by Gasteiger charge is 2.24. The average Bonchev–Trinajstić information content (AvgIpc) is 3.06. The van der Waals surface area contributed by atoms with Crippen molar-refractivity contribution in [1.29, 1.82) is 0 Å². The lowest BCUT2D eigenvalue weighted by Gasteiger charge is -2.35. The number of rotatable bonds is 7. The molecule has 1 aliphatic rings. The number of benzene rings is 2. The van der Waals surface area contributed by atoms with Crippen LogP contribution in [0.4, 0.5) is 5.69 Å². The SMILES string of the molecule is CC[N+](CC)(CC)c1ccc(-c2cccc3c2C=C(CC(C)C)C3)cc1. The Labute approximate surface area is 160 Å². The molecule has 0 N–H and O–H groups in total. The molecule has 2 aromatic carbocycles. The van der Waals surface area contributed by atoms with E-state index in [1.54, 1.807) is 5.57 Å². The van der Waals surface area contributed by atoms with E-state index >= 15 is 0 Å². The fourth-order valence-electron chi connectivity index (χ4n) is 4.52. The third kappa shape index (κ3) is 3.50. The van der Waals surface area contributed by atoms with Crippen molar-refractivity contribution in [3.05, 3.63) is 59.2 Å². The van der Waals surface area contributed by atoms with Crippen LogP contribution in [0, 0.1) is 5.92 Å². The molecule has 2 aromatic rings. The summed E-state index contributed by atoms with van der Waals surface area (Å²) in [7, 11) is 0. The highest BCUT2D eigenvalue weighted by Crippen LogP contribution is 2.36. The third-order valence-electron chi connectivity index (χ3n) is 6.17. The zero-order chi connectivity index (χ0) is 18.7. The van der Waals surface area contributed by atoms with Gasteiger partial charge in [0.2, 0.25) is 0 Å². The minimum atomic E-state index is 0.723. The summed E-state index contributed by atoms with van der Waals surface area (Å²) < 4.78 is 1.06. The zero-order valence-electron chi connectivity index (χ0n) is 17.2. The molecule has 26 heavy (non-hydrogen) atoms. The first kappa shape index (κ1) is 18.9. The number of quaternary nitrogens is 1. The van der Waals surface area contributed by atoms with Crippen molar-refractivity contribution >= 4 is 11.8 Å². The van der Waals surface area contributed by atoms with Crippen LogP contribution in [0.1, 0.15) is 52.2 Å². The Bertz CT molecular complexity index is 768. The lowest BCUT2D eigenvalue weighted by Crippen LogP contribution is -2.48. The van der Waals surface area contributed by atoms with Crippen LogP contribution in [0.2, 0.25) is 0 Å². The summed E-state index contributed by atoms with van der Waals surface area (Å²) in [4.78, 5) is 0. The van der Waals surface area contributed by atoms with Crippen LogP contribution in [0.15, 0.2) is 48.0 Å². The first-order valence-electron chi connectivity index (χ1n) is 10.3. The topological polar surface area (TPSA) is 0 Å². The highest BCUT2D eigenvalue weighted by molar-refractivity contribution is 5.81. The fourth-order valence-corrected chi connectivity index (χ4v) is 4.52. The molecular weight excluding hydrogens is 314 g/mol. The largest absolute Gasteiger partial charge is 0.292 e. The van der Waals surface area contributed by atoms with E-state index < -0.39 is 0 Å². The van der Waals surface area contributed by atoms with Gasteiger partial charge in [-0.2, -0.15) is 0 Å². The maximum atomic E-state index is 2.45. The minimum absolute atomic E-state index is 0.723. The fraction of sp³-hybridized carbons (Fsp3) is 0.440. The second kappa shape index (κ2) is 7.80. The highest BCUT2D eigenvalue weighted by atomic mass is 15.3. The van der Waals surface area contributed by atoms with Gasteiger partial charge < -0.3 is 0 Å². The lowest BCUT2D eigenvalue weighted by molar-refractivity contribution is 0.316. The minimum Gasteiger partial charge on any atom is -0.292 e. The Balaban J connectivity index is 1.95. The maximum Gasteiger partial charge on any atom is 0.132 e. The summed E-state index contributed by atoms with van der Waals surface area (Å²) in [6, 6.07) is 16.1. The lowest BCUT2D eigenvalue weighted by atomic mass is 9.96. The molecule has 0 unspecified atom stereocenters. The Kier molecular flexibility index (Phi) is 5.67. The first-order valence-corrected chi connectivity index (χ1v) is 10.3. The molecule has 1 heteroatoms. The normalized spacial score (nSPS) is 13.8. The molecule has 0 saturated heterocycles. The van der Waals surface area contributed by atoms with Crippen molar-refractivity contribution in [2.75, 3.05) is 19.6 Å². The van der Waals surface area contributed by atoms with Crippen LogP contribution in [0.5, 0.6) is 0 Å². The van der Waals surface area contributed by atoms with E-state index in [0.29, 0.717) is 0 Å². The number of hydrogen-bond acceptors (Lipinski definition) is 0. The maximum absolute atomic E-state index is 2.45. The molecule has 0 bridgehead atoms. The van der Waals surface area contributed by atoms with E-state index in [2.05, 4.69) is 83.2 Å². The summed E-state index contributed by atoms with van der Waals surface area (Å²) in [5.74, 6) is 0.723. The van der Waals surface area contributed by atoms with Gasteiger partial charge >= 0.3 is 0 Å². The van der Waals surface area contributed by atoms with E-state index in [1.807, 2.05) is 0 Å². The molecule has 0 radical (unpaired) electrons. The van der Waals surface area contributed by atoms with Gasteiger partial charge in [0.15, 0.2) is 0 Å². The number of nitrogens with zero attached hydrogens (tertiary/aromatic N) is 1. The van der Waals surface area contributed by atoms with Crippen molar-refractivity contribution < 1.29 is 0 Å². The van der Waals surface area contributed by atoms with Crippen LogP contribution in [-0.4, -0.2) is 19.6 Å². The van der Waals surface area contributed by atoms with Crippen LogP contribution in [0.3, 0.4) is 0 Å². The Morgan fingerprint density at radius 1 is 0.885 bits per heavy atom. The van der Waals surface area contributed by atoms with Crippen LogP contribution in [0.25, 0.3) is 17.2 Å². The van der Waals surface area contributed by atoms with Crippen LogP contribution < -0.4 is 4.48 Å². The monoisotopic (exact) mass is 348 g/mol. The summed E-state index contributed by atoms with van der Waals surface area (Å²) in [5, 5.41) is 0. The first-order chi connectivity index (χ1) is 12.5. The quantitative estimate of drug-likeness (QED) is 0.488. The summed E-state index contributed by atoms with van der Waals surface area (Å²) >= 11 is 0. The molecule has 0 atom stereocenters. The van der Waals surface area contributed by atoms with E-state index in [1.165, 1.54) is 34.4 Å². The second-order valence-electron chi connectivity index (χ2n) is 8.10. The molecule has 0 heterocycles. The number of allylic oxidation sites excluding steroid dienone is 1. The smallest absolute Gasteiger partial charge is 0.132 e. The molecule has 0 spiro atoms. The summed E-state index contributed by atoms with van der Waals surface area (Å²) in [6.07, 6.45) is 4.78. The van der Waals surface area contributed by atoms with Crippen LogP contribution >= 0.6 is 0 Å². The van der Waals surface area contributed by atoms with Gasteiger partial charge in [-0.05, 0) is 86.1 Å². The van der Waals surface area contributed by atoms with Crippen molar-refractivity contribution in [2.24, 2.45) is 5.92 Å². The van der Waals surface area contributed by atoms with Gasteiger partial charge in [0.25, 0.3) is 0 Å². The van der Waals surface area contributed by atoms with Gasteiger partial charge in [-0.15, -0.1) is 0 Å². The molecular formula is C25H34N+. The van der Waals surface area contributed by atoms with Gasteiger partial charge in [0, 0.05) is 0 Å². The average molecular weight is 349 g/mol. The van der Waals surface area contributed by atoms with E-state index in [0.717, 1.165) is 36.5 Å². The Hall–Kier alpha value is -1.86. The molecule has 1 nitrogen and oxygen atoms in total. The second-order valence-corrected chi connectivity index (χ2v) is 8.10.